The van der Waals surface area contributed by atoms with Gasteiger partial charge in [-0.2, -0.15) is 5.10 Å². The zero-order valence-corrected chi connectivity index (χ0v) is 13.9. The summed E-state index contributed by atoms with van der Waals surface area (Å²) >= 11 is 11.4. The molecule has 6 heteroatoms. The smallest absolute Gasteiger partial charge is 0.191 e. The van der Waals surface area contributed by atoms with Crippen LogP contribution in [0, 0.1) is 0 Å². The monoisotopic (exact) mass is 332 g/mol. The van der Waals surface area contributed by atoms with E-state index in [0.29, 0.717) is 10.1 Å². The highest BCUT2D eigenvalue weighted by molar-refractivity contribution is 7.80. The highest BCUT2D eigenvalue weighted by Gasteiger charge is 2.01. The van der Waals surface area contributed by atoms with Crippen LogP contribution in [0.25, 0.3) is 0 Å². The number of nitrogens with one attached hydrogen (secondary N) is 2. The van der Waals surface area contributed by atoms with Crippen LogP contribution in [0.4, 0.5) is 11.4 Å². The van der Waals surface area contributed by atoms with Crippen LogP contribution in [0.3, 0.4) is 0 Å². The van der Waals surface area contributed by atoms with Crippen molar-refractivity contribution in [3.05, 3.63) is 59.1 Å². The molecular weight excluding hydrogens is 316 g/mol. The van der Waals surface area contributed by atoms with Crippen LogP contribution in [0.15, 0.2) is 53.6 Å². The summed E-state index contributed by atoms with van der Waals surface area (Å²) in [6.45, 7) is 0. The highest BCUT2D eigenvalue weighted by atomic mass is 35.5. The van der Waals surface area contributed by atoms with Gasteiger partial charge in [-0.25, -0.2) is 0 Å². The summed E-state index contributed by atoms with van der Waals surface area (Å²) in [5, 5.41) is 8.19. The Balaban J connectivity index is 1.93. The van der Waals surface area contributed by atoms with Gasteiger partial charge in [0.2, 0.25) is 0 Å². The average Bonchev–Trinajstić information content (AvgIpc) is 2.49. The third-order valence-electron chi connectivity index (χ3n) is 2.90. The van der Waals surface area contributed by atoms with E-state index in [4.69, 9.17) is 23.8 Å². The Labute approximate surface area is 140 Å². The van der Waals surface area contributed by atoms with E-state index in [1.165, 1.54) is 0 Å². The molecule has 0 aromatic heterocycles. The molecule has 2 rings (SSSR count). The molecule has 0 saturated heterocycles. The first-order chi connectivity index (χ1) is 10.6. The second-order valence-electron chi connectivity index (χ2n) is 4.79. The summed E-state index contributed by atoms with van der Waals surface area (Å²) in [5.41, 5.74) is 5.53. The molecule has 0 saturated carbocycles. The minimum Gasteiger partial charge on any atom is -0.378 e. The van der Waals surface area contributed by atoms with Crippen LogP contribution in [0.5, 0.6) is 0 Å². The molecule has 0 radical (unpaired) electrons. The molecule has 0 unspecified atom stereocenters. The number of nitrogens with zero attached hydrogens (tertiary/aromatic N) is 2. The number of rotatable bonds is 4. The molecule has 114 valence electrons. The topological polar surface area (TPSA) is 39.7 Å². The number of thiocarbonyl (C=S) groups is 1. The van der Waals surface area contributed by atoms with Crippen molar-refractivity contribution in [1.29, 1.82) is 0 Å². The number of anilines is 2. The number of hydrogen-bond acceptors (Lipinski definition) is 3. The van der Waals surface area contributed by atoms with Crippen LogP contribution >= 0.6 is 23.8 Å². The van der Waals surface area contributed by atoms with Gasteiger partial charge < -0.3 is 10.2 Å². The number of hydrogen-bond donors (Lipinski definition) is 2. The van der Waals surface area contributed by atoms with Crippen molar-refractivity contribution >= 4 is 46.5 Å². The second kappa shape index (κ2) is 7.77. The molecular formula is C16H17ClN4S. The van der Waals surface area contributed by atoms with Crippen molar-refractivity contribution in [2.75, 3.05) is 24.3 Å². The molecule has 2 N–H and O–H groups in total. The van der Waals surface area contributed by atoms with Crippen molar-refractivity contribution < 1.29 is 0 Å². The molecule has 0 spiro atoms. The van der Waals surface area contributed by atoms with Crippen LogP contribution in [0.1, 0.15) is 5.56 Å². The molecule has 0 bridgehead atoms. The molecule has 0 heterocycles. The van der Waals surface area contributed by atoms with E-state index in [-0.39, 0.29) is 0 Å². The van der Waals surface area contributed by atoms with E-state index >= 15 is 0 Å². The van der Waals surface area contributed by atoms with Gasteiger partial charge in [-0.3, -0.25) is 5.43 Å². The largest absolute Gasteiger partial charge is 0.378 e. The average molecular weight is 333 g/mol. The van der Waals surface area contributed by atoms with E-state index in [2.05, 4.69) is 15.8 Å². The van der Waals surface area contributed by atoms with Crippen LogP contribution in [-0.2, 0) is 0 Å². The summed E-state index contributed by atoms with van der Waals surface area (Å²) in [5.74, 6) is 0. The van der Waals surface area contributed by atoms with Gasteiger partial charge in [0.05, 0.1) is 11.2 Å². The van der Waals surface area contributed by atoms with Crippen molar-refractivity contribution in [2.45, 2.75) is 0 Å². The SMILES string of the molecule is CN(C)c1ccc(/C=N/NC(=S)Nc2ccccc2)c(Cl)c1. The van der Waals surface area contributed by atoms with Crippen molar-refractivity contribution in [3.63, 3.8) is 0 Å². The summed E-state index contributed by atoms with van der Waals surface area (Å²) in [6.07, 6.45) is 1.64. The van der Waals surface area contributed by atoms with Gasteiger partial charge in [-0.1, -0.05) is 29.8 Å². The van der Waals surface area contributed by atoms with Crippen molar-refractivity contribution in [2.24, 2.45) is 5.10 Å². The maximum atomic E-state index is 6.22. The lowest BCUT2D eigenvalue weighted by atomic mass is 10.2. The maximum Gasteiger partial charge on any atom is 0.191 e. The molecule has 2 aromatic carbocycles. The van der Waals surface area contributed by atoms with Gasteiger partial charge in [0.25, 0.3) is 0 Å². The number of halogens is 1. The second-order valence-corrected chi connectivity index (χ2v) is 5.61. The molecule has 2 aromatic rings. The summed E-state index contributed by atoms with van der Waals surface area (Å²) in [4.78, 5) is 1.99. The van der Waals surface area contributed by atoms with E-state index in [0.717, 1.165) is 16.9 Å². The third-order valence-corrected chi connectivity index (χ3v) is 3.42. The minimum absolute atomic E-state index is 0.420. The predicted octanol–water partition coefficient (Wildman–Crippen LogP) is 3.73. The van der Waals surface area contributed by atoms with E-state index in [1.54, 1.807) is 6.21 Å². The molecule has 0 amide bonds. The van der Waals surface area contributed by atoms with Crippen molar-refractivity contribution in [3.8, 4) is 0 Å². The lowest BCUT2D eigenvalue weighted by Gasteiger charge is -2.13. The van der Waals surface area contributed by atoms with Gasteiger partial charge in [0.1, 0.15) is 0 Å². The fraction of sp³-hybridized carbons (Fsp3) is 0.125. The first-order valence-electron chi connectivity index (χ1n) is 6.68. The summed E-state index contributed by atoms with van der Waals surface area (Å²) < 4.78 is 0. The number of hydrazone groups is 1. The first kappa shape index (κ1) is 16.3. The molecule has 0 atom stereocenters. The van der Waals surface area contributed by atoms with Gasteiger partial charge in [-0.05, 0) is 42.5 Å². The Morgan fingerprint density at radius 2 is 1.91 bits per heavy atom. The fourth-order valence-corrected chi connectivity index (χ4v) is 2.13. The third kappa shape index (κ3) is 4.72. The van der Waals surface area contributed by atoms with Gasteiger partial charge >= 0.3 is 0 Å². The molecule has 0 fully saturated rings. The quantitative estimate of drug-likeness (QED) is 0.508. The summed E-state index contributed by atoms with van der Waals surface area (Å²) in [7, 11) is 3.93. The zero-order valence-electron chi connectivity index (χ0n) is 12.4. The lowest BCUT2D eigenvalue weighted by Crippen LogP contribution is -2.23. The maximum absolute atomic E-state index is 6.22. The van der Waals surface area contributed by atoms with Crippen LogP contribution in [0.2, 0.25) is 5.02 Å². The molecule has 0 aliphatic heterocycles. The normalized spacial score (nSPS) is 10.5. The predicted molar refractivity (Wildman–Crippen MR) is 99.2 cm³/mol. The van der Waals surface area contributed by atoms with E-state index < -0.39 is 0 Å². The Morgan fingerprint density at radius 3 is 2.55 bits per heavy atom. The number of para-hydroxylation sites is 1. The van der Waals surface area contributed by atoms with Gasteiger partial charge in [0, 0.05) is 31.0 Å². The zero-order chi connectivity index (χ0) is 15.9. The first-order valence-corrected chi connectivity index (χ1v) is 7.47. The van der Waals surface area contributed by atoms with Crippen LogP contribution < -0.4 is 15.6 Å². The number of benzene rings is 2. The minimum atomic E-state index is 0.420. The van der Waals surface area contributed by atoms with Gasteiger partial charge in [-0.15, -0.1) is 0 Å². The lowest BCUT2D eigenvalue weighted by molar-refractivity contribution is 1.05. The van der Waals surface area contributed by atoms with Crippen LogP contribution in [-0.4, -0.2) is 25.4 Å². The summed E-state index contributed by atoms with van der Waals surface area (Å²) in [6, 6.07) is 15.4. The van der Waals surface area contributed by atoms with Gasteiger partial charge in [0.15, 0.2) is 5.11 Å². The Hall–Kier alpha value is -2.11. The van der Waals surface area contributed by atoms with E-state index in [9.17, 15) is 0 Å². The highest BCUT2D eigenvalue weighted by Crippen LogP contribution is 2.21. The molecule has 22 heavy (non-hydrogen) atoms. The Bertz CT molecular complexity index is 671. The molecule has 0 aliphatic rings. The Kier molecular flexibility index (Phi) is 5.75. The Morgan fingerprint density at radius 1 is 1.18 bits per heavy atom. The standard InChI is InChI=1S/C16H17ClN4S/c1-21(2)14-9-8-12(15(17)10-14)11-18-20-16(22)19-13-6-4-3-5-7-13/h3-11H,1-2H3,(H2,19,20,22)/b18-11+. The van der Waals surface area contributed by atoms with E-state index in [1.807, 2.05) is 67.5 Å². The molecule has 0 aliphatic carbocycles. The molecule has 4 nitrogen and oxygen atoms in total. The van der Waals surface area contributed by atoms with Crippen molar-refractivity contribution in [1.82, 2.24) is 5.43 Å². The fourth-order valence-electron chi connectivity index (χ4n) is 1.74.